The second-order valence-corrected chi connectivity index (χ2v) is 8.75. The third-order valence-electron chi connectivity index (χ3n) is 5.60. The van der Waals surface area contributed by atoms with Gasteiger partial charge < -0.3 is 10.2 Å². The maximum absolute atomic E-state index is 13.5. The smallest absolute Gasteiger partial charge is 0.260 e. The first-order valence-corrected chi connectivity index (χ1v) is 11.2. The van der Waals surface area contributed by atoms with E-state index in [2.05, 4.69) is 21.4 Å². The molecule has 0 saturated heterocycles. The topological polar surface area (TPSA) is 75.2 Å². The Morgan fingerprint density at radius 3 is 2.82 bits per heavy atom. The molecule has 6 nitrogen and oxygen atoms in total. The first kappa shape index (κ1) is 21.0. The molecule has 5 rings (SSSR count). The molecular weight excluding hydrogens is 439 g/mol. The molecular formula is C25H19FN4O2S. The molecule has 0 fully saturated rings. The highest BCUT2D eigenvalue weighted by atomic mass is 32.1. The average Bonchev–Trinajstić information content (AvgIpc) is 3.19. The highest BCUT2D eigenvalue weighted by Crippen LogP contribution is 2.32. The van der Waals surface area contributed by atoms with Crippen LogP contribution in [-0.2, 0) is 13.0 Å². The Morgan fingerprint density at radius 2 is 2.00 bits per heavy atom. The Kier molecular flexibility index (Phi) is 5.43. The minimum Gasteiger partial charge on any atom is -0.307 e. The first-order valence-electron chi connectivity index (χ1n) is 10.3. The molecule has 2 amide bonds. The fourth-order valence-electron chi connectivity index (χ4n) is 3.84. The summed E-state index contributed by atoms with van der Waals surface area (Å²) in [7, 11) is 0. The van der Waals surface area contributed by atoms with Gasteiger partial charge in [0.2, 0.25) is 0 Å². The predicted molar refractivity (Wildman–Crippen MR) is 125 cm³/mol. The predicted octanol–water partition coefficient (Wildman–Crippen LogP) is 4.99. The van der Waals surface area contributed by atoms with Gasteiger partial charge in [-0.1, -0.05) is 6.07 Å². The molecule has 33 heavy (non-hydrogen) atoms. The molecule has 1 aromatic carbocycles. The van der Waals surface area contributed by atoms with Crippen LogP contribution in [0.2, 0.25) is 0 Å². The third kappa shape index (κ3) is 4.12. The van der Waals surface area contributed by atoms with E-state index in [1.54, 1.807) is 47.6 Å². The van der Waals surface area contributed by atoms with Crippen LogP contribution in [0.4, 0.5) is 15.9 Å². The Morgan fingerprint density at radius 1 is 1.12 bits per heavy atom. The lowest BCUT2D eigenvalue weighted by Gasteiger charge is -2.22. The molecule has 4 heterocycles. The highest BCUT2D eigenvalue weighted by molar-refractivity contribution is 7.10. The fraction of sp³-hybridized carbons (Fsp3) is 0.120. The summed E-state index contributed by atoms with van der Waals surface area (Å²) in [5.74, 6) is -0.868. The maximum atomic E-state index is 13.5. The summed E-state index contributed by atoms with van der Waals surface area (Å²) in [6.45, 7) is 2.19. The normalized spacial score (nSPS) is 12.5. The van der Waals surface area contributed by atoms with Crippen molar-refractivity contribution in [2.75, 3.05) is 10.2 Å². The van der Waals surface area contributed by atoms with Crippen LogP contribution in [0.15, 0.2) is 66.3 Å². The van der Waals surface area contributed by atoms with Crippen molar-refractivity contribution in [2.24, 2.45) is 0 Å². The second-order valence-electron chi connectivity index (χ2n) is 7.75. The third-order valence-corrected chi connectivity index (χ3v) is 6.54. The van der Waals surface area contributed by atoms with E-state index >= 15 is 0 Å². The molecule has 3 aromatic heterocycles. The van der Waals surface area contributed by atoms with Crippen molar-refractivity contribution in [1.29, 1.82) is 0 Å². The van der Waals surface area contributed by atoms with E-state index in [0.29, 0.717) is 24.1 Å². The number of carbonyl (C=O) groups excluding carboxylic acids is 2. The minimum absolute atomic E-state index is 0.197. The van der Waals surface area contributed by atoms with Gasteiger partial charge in [0, 0.05) is 29.3 Å². The molecule has 0 bridgehead atoms. The van der Waals surface area contributed by atoms with Gasteiger partial charge in [-0.05, 0) is 65.9 Å². The number of benzene rings is 1. The van der Waals surface area contributed by atoms with Crippen LogP contribution in [0.5, 0.6) is 0 Å². The highest BCUT2D eigenvalue weighted by Gasteiger charge is 2.26. The summed E-state index contributed by atoms with van der Waals surface area (Å²) in [5.41, 5.74) is 4.10. The SMILES string of the molecule is Cc1ccc(F)cc1C(=O)Nc1ccc(C(=O)N2Cc3sccc3Cc3ncccc32)cn1. The molecule has 0 spiro atoms. The van der Waals surface area contributed by atoms with Gasteiger partial charge in [-0.15, -0.1) is 11.3 Å². The number of pyridine rings is 2. The molecule has 1 aliphatic heterocycles. The van der Waals surface area contributed by atoms with Gasteiger partial charge in [-0.2, -0.15) is 0 Å². The number of nitrogens with zero attached hydrogens (tertiary/aromatic N) is 3. The Bertz CT molecular complexity index is 1370. The zero-order chi connectivity index (χ0) is 22.9. The molecule has 0 saturated carbocycles. The summed E-state index contributed by atoms with van der Waals surface area (Å²) < 4.78 is 13.5. The number of carbonyl (C=O) groups is 2. The molecule has 0 aliphatic carbocycles. The number of halogens is 1. The van der Waals surface area contributed by atoms with Gasteiger partial charge in [-0.25, -0.2) is 9.37 Å². The van der Waals surface area contributed by atoms with Crippen molar-refractivity contribution >= 4 is 34.7 Å². The molecule has 0 radical (unpaired) electrons. The van der Waals surface area contributed by atoms with E-state index in [1.807, 2.05) is 17.5 Å². The lowest BCUT2D eigenvalue weighted by atomic mass is 10.1. The maximum Gasteiger partial charge on any atom is 0.260 e. The zero-order valence-corrected chi connectivity index (χ0v) is 18.5. The number of fused-ring (bicyclic) bond motifs is 2. The van der Waals surface area contributed by atoms with Crippen LogP contribution < -0.4 is 10.2 Å². The van der Waals surface area contributed by atoms with E-state index in [4.69, 9.17) is 0 Å². The summed E-state index contributed by atoms with van der Waals surface area (Å²) in [5, 5.41) is 4.69. The second kappa shape index (κ2) is 8.55. The largest absolute Gasteiger partial charge is 0.307 e. The number of aromatic nitrogens is 2. The lowest BCUT2D eigenvalue weighted by Crippen LogP contribution is -2.30. The number of hydrogen-bond acceptors (Lipinski definition) is 5. The minimum atomic E-state index is -0.485. The van der Waals surface area contributed by atoms with Crippen molar-refractivity contribution in [3.8, 4) is 0 Å². The summed E-state index contributed by atoms with van der Waals surface area (Å²) in [4.78, 5) is 37.5. The zero-order valence-electron chi connectivity index (χ0n) is 17.7. The van der Waals surface area contributed by atoms with E-state index in [0.717, 1.165) is 16.3 Å². The van der Waals surface area contributed by atoms with Gasteiger partial charge in [0.05, 0.1) is 23.5 Å². The van der Waals surface area contributed by atoms with Gasteiger partial charge >= 0.3 is 0 Å². The van der Waals surface area contributed by atoms with Crippen LogP contribution in [0, 0.1) is 12.7 Å². The summed E-state index contributed by atoms with van der Waals surface area (Å²) >= 11 is 1.62. The summed E-state index contributed by atoms with van der Waals surface area (Å²) in [6.07, 6.45) is 3.85. The van der Waals surface area contributed by atoms with Crippen molar-refractivity contribution in [2.45, 2.75) is 19.9 Å². The number of anilines is 2. The fourth-order valence-corrected chi connectivity index (χ4v) is 4.73. The van der Waals surface area contributed by atoms with Crippen molar-refractivity contribution in [3.05, 3.63) is 105 Å². The van der Waals surface area contributed by atoms with Crippen molar-refractivity contribution in [3.63, 3.8) is 0 Å². The number of hydrogen-bond donors (Lipinski definition) is 1. The van der Waals surface area contributed by atoms with Crippen molar-refractivity contribution in [1.82, 2.24) is 9.97 Å². The van der Waals surface area contributed by atoms with Crippen LogP contribution in [-0.4, -0.2) is 21.8 Å². The van der Waals surface area contributed by atoms with E-state index in [9.17, 15) is 14.0 Å². The molecule has 164 valence electrons. The van der Waals surface area contributed by atoms with E-state index in [-0.39, 0.29) is 17.3 Å². The number of aryl methyl sites for hydroxylation is 1. The number of nitrogens with one attached hydrogen (secondary N) is 1. The molecule has 0 atom stereocenters. The number of amides is 2. The standard InChI is InChI=1S/C25H19FN4O2S/c1-15-4-6-18(26)12-19(15)24(31)29-23-7-5-17(13-28-23)25(32)30-14-22-16(8-10-33-22)11-20-21(30)3-2-9-27-20/h2-10,12-13H,11,14H2,1H3,(H,28,29,31). The van der Waals surface area contributed by atoms with Gasteiger partial charge in [-0.3, -0.25) is 14.6 Å². The van der Waals surface area contributed by atoms with Crippen molar-refractivity contribution < 1.29 is 14.0 Å². The van der Waals surface area contributed by atoms with Crippen LogP contribution in [0.25, 0.3) is 0 Å². The van der Waals surface area contributed by atoms with Gasteiger partial charge in [0.15, 0.2) is 0 Å². The number of rotatable bonds is 3. The Labute approximate surface area is 193 Å². The first-order chi connectivity index (χ1) is 16.0. The molecule has 1 N–H and O–H groups in total. The monoisotopic (exact) mass is 458 g/mol. The van der Waals surface area contributed by atoms with Gasteiger partial charge in [0.25, 0.3) is 11.8 Å². The molecule has 8 heteroatoms. The van der Waals surface area contributed by atoms with Crippen LogP contribution >= 0.6 is 11.3 Å². The lowest BCUT2D eigenvalue weighted by molar-refractivity contribution is 0.0984. The van der Waals surface area contributed by atoms with Crippen LogP contribution in [0.1, 0.15) is 42.4 Å². The molecule has 1 aliphatic rings. The summed E-state index contributed by atoms with van der Waals surface area (Å²) in [6, 6.07) is 13.0. The van der Waals surface area contributed by atoms with E-state index in [1.165, 1.54) is 23.9 Å². The Balaban J connectivity index is 1.39. The van der Waals surface area contributed by atoms with E-state index < -0.39 is 11.7 Å². The quantitative estimate of drug-likeness (QED) is 0.469. The Hall–Kier alpha value is -3.91. The molecule has 0 unspecified atom stereocenters. The van der Waals surface area contributed by atoms with Gasteiger partial charge in [0.1, 0.15) is 11.6 Å². The average molecular weight is 459 g/mol. The van der Waals surface area contributed by atoms with Crippen LogP contribution in [0.3, 0.4) is 0 Å². The molecule has 4 aromatic rings. The number of thiophene rings is 1.